The molecule has 1 atom stereocenters. The van der Waals surface area contributed by atoms with E-state index in [9.17, 15) is 5.11 Å². The summed E-state index contributed by atoms with van der Waals surface area (Å²) in [7, 11) is 0. The minimum Gasteiger partial charge on any atom is -0.395 e. The van der Waals surface area contributed by atoms with Crippen molar-refractivity contribution in [1.82, 2.24) is 4.90 Å². The molecule has 0 aromatic heterocycles. The fraction of sp³-hybridized carbons (Fsp3) is 0.625. The molecule has 19 heavy (non-hydrogen) atoms. The van der Waals surface area contributed by atoms with Crippen LogP contribution in [0.2, 0.25) is 0 Å². The summed E-state index contributed by atoms with van der Waals surface area (Å²) in [6, 6.07) is 9.78. The zero-order valence-corrected chi connectivity index (χ0v) is 12.3. The Labute approximate surface area is 116 Å². The van der Waals surface area contributed by atoms with E-state index in [0.717, 1.165) is 25.1 Å². The summed E-state index contributed by atoms with van der Waals surface area (Å²) in [5, 5.41) is 19.7. The third-order valence-electron chi connectivity index (χ3n) is 3.44. The van der Waals surface area contributed by atoms with Crippen molar-refractivity contribution in [2.24, 2.45) is 5.41 Å². The van der Waals surface area contributed by atoms with E-state index in [2.05, 4.69) is 25.7 Å². The summed E-state index contributed by atoms with van der Waals surface area (Å²) in [5.41, 5.74) is 0.707. The van der Waals surface area contributed by atoms with Crippen LogP contribution in [0.1, 0.15) is 38.9 Å². The molecular formula is C16H27NO2. The molecule has 0 spiro atoms. The standard InChI is InChI=1S/C16H27NO2/c1-4-10-17(11-12-18)13-16(2,3)15(19)14-8-6-5-7-9-14/h5-9,15,18-19H,4,10-13H2,1-3H3. The van der Waals surface area contributed by atoms with Gasteiger partial charge >= 0.3 is 0 Å². The quantitative estimate of drug-likeness (QED) is 0.759. The molecule has 0 amide bonds. The van der Waals surface area contributed by atoms with E-state index >= 15 is 0 Å². The van der Waals surface area contributed by atoms with Gasteiger partial charge in [-0.2, -0.15) is 0 Å². The Morgan fingerprint density at radius 2 is 1.79 bits per heavy atom. The summed E-state index contributed by atoms with van der Waals surface area (Å²) in [5.74, 6) is 0. The molecule has 0 aliphatic heterocycles. The highest BCUT2D eigenvalue weighted by Gasteiger charge is 2.30. The number of hydrogen-bond acceptors (Lipinski definition) is 3. The first-order valence-corrected chi connectivity index (χ1v) is 7.07. The average Bonchev–Trinajstić information content (AvgIpc) is 2.39. The molecule has 0 fully saturated rings. The van der Waals surface area contributed by atoms with Crippen molar-refractivity contribution in [2.45, 2.75) is 33.3 Å². The maximum atomic E-state index is 10.5. The Balaban J connectivity index is 2.72. The van der Waals surface area contributed by atoms with Crippen molar-refractivity contribution in [3.63, 3.8) is 0 Å². The maximum Gasteiger partial charge on any atom is 0.0853 e. The SMILES string of the molecule is CCCN(CCO)CC(C)(C)C(O)c1ccccc1. The van der Waals surface area contributed by atoms with Crippen LogP contribution in [0.15, 0.2) is 30.3 Å². The fourth-order valence-corrected chi connectivity index (χ4v) is 2.48. The van der Waals surface area contributed by atoms with E-state index in [1.807, 2.05) is 30.3 Å². The molecule has 1 rings (SSSR count). The van der Waals surface area contributed by atoms with Crippen molar-refractivity contribution < 1.29 is 10.2 Å². The Hall–Kier alpha value is -0.900. The van der Waals surface area contributed by atoms with Crippen molar-refractivity contribution in [3.05, 3.63) is 35.9 Å². The fourth-order valence-electron chi connectivity index (χ4n) is 2.48. The lowest BCUT2D eigenvalue weighted by Gasteiger charge is -2.36. The molecule has 0 aliphatic rings. The van der Waals surface area contributed by atoms with Crippen LogP contribution in [-0.2, 0) is 0 Å². The van der Waals surface area contributed by atoms with Crippen molar-refractivity contribution in [2.75, 3.05) is 26.2 Å². The Kier molecular flexibility index (Phi) is 6.49. The summed E-state index contributed by atoms with van der Waals surface area (Å²) in [6.07, 6.45) is 0.559. The maximum absolute atomic E-state index is 10.5. The van der Waals surface area contributed by atoms with E-state index in [4.69, 9.17) is 5.11 Å². The van der Waals surface area contributed by atoms with Crippen LogP contribution in [0.4, 0.5) is 0 Å². The summed E-state index contributed by atoms with van der Waals surface area (Å²) < 4.78 is 0. The second kappa shape index (κ2) is 7.63. The molecular weight excluding hydrogens is 238 g/mol. The number of hydrogen-bond donors (Lipinski definition) is 2. The normalized spacial score (nSPS) is 13.8. The van der Waals surface area contributed by atoms with E-state index in [1.165, 1.54) is 0 Å². The van der Waals surface area contributed by atoms with Gasteiger partial charge in [0.2, 0.25) is 0 Å². The number of benzene rings is 1. The summed E-state index contributed by atoms with van der Waals surface area (Å²) in [6.45, 7) is 8.83. The highest BCUT2D eigenvalue weighted by molar-refractivity contribution is 5.19. The van der Waals surface area contributed by atoms with Crippen LogP contribution in [0.3, 0.4) is 0 Å². The Morgan fingerprint density at radius 1 is 1.16 bits per heavy atom. The first-order chi connectivity index (χ1) is 9.01. The molecule has 0 heterocycles. The Morgan fingerprint density at radius 3 is 2.32 bits per heavy atom. The van der Waals surface area contributed by atoms with Crippen molar-refractivity contribution in [1.29, 1.82) is 0 Å². The summed E-state index contributed by atoms with van der Waals surface area (Å²) in [4.78, 5) is 2.21. The van der Waals surface area contributed by atoms with Gasteiger partial charge in [-0.1, -0.05) is 51.1 Å². The van der Waals surface area contributed by atoms with E-state index in [1.54, 1.807) is 0 Å². The molecule has 1 aromatic rings. The average molecular weight is 265 g/mol. The highest BCUT2D eigenvalue weighted by atomic mass is 16.3. The molecule has 0 saturated heterocycles. The van der Waals surface area contributed by atoms with Crippen molar-refractivity contribution in [3.8, 4) is 0 Å². The number of rotatable bonds is 8. The highest BCUT2D eigenvalue weighted by Crippen LogP contribution is 2.33. The smallest absolute Gasteiger partial charge is 0.0853 e. The lowest BCUT2D eigenvalue weighted by atomic mass is 9.82. The van der Waals surface area contributed by atoms with Crippen LogP contribution in [0.25, 0.3) is 0 Å². The lowest BCUT2D eigenvalue weighted by molar-refractivity contribution is 0.0166. The third-order valence-corrected chi connectivity index (χ3v) is 3.44. The molecule has 0 saturated carbocycles. The first kappa shape index (κ1) is 16.2. The van der Waals surface area contributed by atoms with Gasteiger partial charge < -0.3 is 15.1 Å². The van der Waals surface area contributed by atoms with Crippen LogP contribution in [-0.4, -0.2) is 41.4 Å². The first-order valence-electron chi connectivity index (χ1n) is 7.07. The predicted octanol–water partition coefficient (Wildman–Crippen LogP) is 2.45. The van der Waals surface area contributed by atoms with Crippen molar-refractivity contribution >= 4 is 0 Å². The van der Waals surface area contributed by atoms with E-state index in [0.29, 0.717) is 6.54 Å². The molecule has 3 nitrogen and oxygen atoms in total. The third kappa shape index (κ3) is 4.94. The van der Waals surface area contributed by atoms with Gasteiger partial charge in [-0.15, -0.1) is 0 Å². The van der Waals surface area contributed by atoms with Gasteiger partial charge in [0.25, 0.3) is 0 Å². The van der Waals surface area contributed by atoms with Crippen LogP contribution in [0.5, 0.6) is 0 Å². The zero-order chi connectivity index (χ0) is 14.3. The van der Waals surface area contributed by atoms with E-state index in [-0.39, 0.29) is 12.0 Å². The van der Waals surface area contributed by atoms with Gasteiger partial charge in [0.05, 0.1) is 12.7 Å². The van der Waals surface area contributed by atoms with Crippen LogP contribution < -0.4 is 0 Å². The molecule has 0 radical (unpaired) electrons. The van der Waals surface area contributed by atoms with Gasteiger partial charge in [-0.3, -0.25) is 0 Å². The number of aliphatic hydroxyl groups is 2. The molecule has 3 heteroatoms. The minimum absolute atomic E-state index is 0.164. The molecule has 0 aliphatic carbocycles. The van der Waals surface area contributed by atoms with E-state index < -0.39 is 6.10 Å². The molecule has 1 unspecified atom stereocenters. The largest absolute Gasteiger partial charge is 0.395 e. The van der Waals surface area contributed by atoms with Gasteiger partial charge in [0.1, 0.15) is 0 Å². The Bertz CT molecular complexity index is 345. The number of aliphatic hydroxyl groups excluding tert-OH is 2. The second-order valence-electron chi connectivity index (χ2n) is 5.80. The monoisotopic (exact) mass is 265 g/mol. The lowest BCUT2D eigenvalue weighted by Crippen LogP contribution is -2.39. The number of nitrogens with zero attached hydrogens (tertiary/aromatic N) is 1. The van der Waals surface area contributed by atoms with Gasteiger partial charge in [-0.05, 0) is 18.5 Å². The molecule has 0 bridgehead atoms. The zero-order valence-electron chi connectivity index (χ0n) is 12.3. The molecule has 1 aromatic carbocycles. The van der Waals surface area contributed by atoms with Gasteiger partial charge in [0, 0.05) is 18.5 Å². The van der Waals surface area contributed by atoms with Crippen LogP contribution >= 0.6 is 0 Å². The van der Waals surface area contributed by atoms with Crippen LogP contribution in [0, 0.1) is 5.41 Å². The van der Waals surface area contributed by atoms with Gasteiger partial charge in [0.15, 0.2) is 0 Å². The summed E-state index contributed by atoms with van der Waals surface area (Å²) >= 11 is 0. The second-order valence-corrected chi connectivity index (χ2v) is 5.80. The van der Waals surface area contributed by atoms with Gasteiger partial charge in [-0.25, -0.2) is 0 Å². The molecule has 108 valence electrons. The minimum atomic E-state index is -0.494. The topological polar surface area (TPSA) is 43.7 Å². The molecule has 2 N–H and O–H groups in total. The predicted molar refractivity (Wildman–Crippen MR) is 79.0 cm³/mol.